The van der Waals surface area contributed by atoms with Crippen LogP contribution in [0.3, 0.4) is 0 Å². The van der Waals surface area contributed by atoms with Crippen molar-refractivity contribution in [3.8, 4) is 0 Å². The number of aryl methyl sites for hydroxylation is 2. The smallest absolute Gasteiger partial charge is 0.408 e. The Morgan fingerprint density at radius 2 is 1.73 bits per heavy atom. The molecule has 2 aromatic rings. The summed E-state index contributed by atoms with van der Waals surface area (Å²) in [6, 6.07) is 13.2. The van der Waals surface area contributed by atoms with E-state index in [9.17, 15) is 14.4 Å². The summed E-state index contributed by atoms with van der Waals surface area (Å²) in [7, 11) is 0. The Labute approximate surface area is 225 Å². The molecule has 0 aromatic heterocycles. The van der Waals surface area contributed by atoms with E-state index in [0.29, 0.717) is 23.4 Å². The van der Waals surface area contributed by atoms with Gasteiger partial charge in [0.25, 0.3) is 5.91 Å². The Balaban J connectivity index is 2.48. The molecule has 0 fully saturated rings. The largest absolute Gasteiger partial charge is 0.444 e. The molecule has 0 bridgehead atoms. The average Bonchev–Trinajstić information content (AvgIpc) is 2.82. The van der Waals surface area contributed by atoms with Gasteiger partial charge in [0, 0.05) is 12.2 Å². The number of nitrogens with zero attached hydrogens (tertiary/aromatic N) is 1. The molecule has 200 valence electrons. The van der Waals surface area contributed by atoms with Gasteiger partial charge in [-0.1, -0.05) is 54.1 Å². The first-order chi connectivity index (χ1) is 17.5. The predicted molar refractivity (Wildman–Crippen MR) is 152 cm³/mol. The highest BCUT2D eigenvalue weighted by atomic mass is 32.2. The zero-order chi connectivity index (χ0) is 27.6. The van der Waals surface area contributed by atoms with Crippen LogP contribution in [0.2, 0.25) is 0 Å². The van der Waals surface area contributed by atoms with Crippen molar-refractivity contribution in [2.24, 2.45) is 0 Å². The van der Waals surface area contributed by atoms with E-state index in [0.717, 1.165) is 11.1 Å². The van der Waals surface area contributed by atoms with Gasteiger partial charge in [-0.2, -0.15) is 11.8 Å². The number of thioether (sulfide) groups is 1. The number of hydrogen-bond donors (Lipinski definition) is 2. The van der Waals surface area contributed by atoms with Crippen LogP contribution in [0.15, 0.2) is 61.2 Å². The van der Waals surface area contributed by atoms with E-state index >= 15 is 0 Å². The third-order valence-corrected chi connectivity index (χ3v) is 6.21. The van der Waals surface area contributed by atoms with Gasteiger partial charge < -0.3 is 20.3 Å². The molecule has 8 heteroatoms. The molecule has 2 unspecified atom stereocenters. The summed E-state index contributed by atoms with van der Waals surface area (Å²) in [5.74, 6) is -0.0989. The van der Waals surface area contributed by atoms with Crippen LogP contribution in [0, 0.1) is 13.8 Å². The molecule has 0 aliphatic carbocycles. The summed E-state index contributed by atoms with van der Waals surface area (Å²) in [6.45, 7) is 13.1. The van der Waals surface area contributed by atoms with Crippen LogP contribution in [0.1, 0.15) is 49.9 Å². The van der Waals surface area contributed by atoms with Gasteiger partial charge >= 0.3 is 6.09 Å². The average molecular weight is 526 g/mol. The zero-order valence-electron chi connectivity index (χ0n) is 22.7. The van der Waals surface area contributed by atoms with E-state index in [2.05, 4.69) is 17.2 Å². The summed E-state index contributed by atoms with van der Waals surface area (Å²) in [6.07, 6.45) is 3.22. The number of para-hydroxylation sites is 1. The third kappa shape index (κ3) is 9.28. The lowest BCUT2D eigenvalue weighted by molar-refractivity contribution is -0.140. The number of carbonyl (C=O) groups excluding carboxylic acids is 3. The van der Waals surface area contributed by atoms with Gasteiger partial charge in [0.1, 0.15) is 17.7 Å². The Morgan fingerprint density at radius 3 is 2.30 bits per heavy atom. The van der Waals surface area contributed by atoms with E-state index < -0.39 is 23.8 Å². The molecule has 2 aromatic carbocycles. The fourth-order valence-electron chi connectivity index (χ4n) is 3.74. The molecule has 0 heterocycles. The van der Waals surface area contributed by atoms with Crippen molar-refractivity contribution < 1.29 is 19.1 Å². The highest BCUT2D eigenvalue weighted by molar-refractivity contribution is 7.98. The predicted octanol–water partition coefficient (Wildman–Crippen LogP) is 5.64. The zero-order valence-corrected chi connectivity index (χ0v) is 23.5. The fraction of sp³-hybridized carbons (Fsp3) is 0.414. The number of hydrogen-bond acceptors (Lipinski definition) is 5. The first-order valence-electron chi connectivity index (χ1n) is 12.3. The number of anilines is 1. The van der Waals surface area contributed by atoms with Crippen molar-refractivity contribution >= 4 is 35.4 Å². The number of carbonyl (C=O) groups is 3. The Kier molecular flexibility index (Phi) is 11.2. The van der Waals surface area contributed by atoms with E-state index in [-0.39, 0.29) is 18.4 Å². The third-order valence-electron chi connectivity index (χ3n) is 5.56. The summed E-state index contributed by atoms with van der Waals surface area (Å²) in [5.41, 5.74) is 2.56. The molecule has 2 rings (SSSR count). The van der Waals surface area contributed by atoms with E-state index in [1.165, 1.54) is 4.90 Å². The molecule has 0 spiro atoms. The molecule has 0 saturated heterocycles. The topological polar surface area (TPSA) is 87.7 Å². The molecular formula is C29H39N3O4S. The second-order valence-corrected chi connectivity index (χ2v) is 10.9. The maximum Gasteiger partial charge on any atom is 0.408 e. The van der Waals surface area contributed by atoms with Gasteiger partial charge in [-0.25, -0.2) is 4.79 Å². The molecule has 0 radical (unpaired) electrons. The summed E-state index contributed by atoms with van der Waals surface area (Å²) < 4.78 is 5.41. The lowest BCUT2D eigenvalue weighted by Gasteiger charge is -2.34. The lowest BCUT2D eigenvalue weighted by atomic mass is 10.0. The number of ether oxygens (including phenoxy) is 1. The van der Waals surface area contributed by atoms with Gasteiger partial charge in [-0.3, -0.25) is 9.59 Å². The molecule has 0 aliphatic rings. The SMILES string of the molecule is C=CCN(C(=O)C(CCSC)NC(=O)OC(C)(C)C)C(C(=O)Nc1ccccc1C)c1ccc(C)cc1. The maximum absolute atomic E-state index is 14.0. The van der Waals surface area contributed by atoms with Crippen molar-refractivity contribution in [3.63, 3.8) is 0 Å². The highest BCUT2D eigenvalue weighted by Crippen LogP contribution is 2.26. The molecule has 0 saturated carbocycles. The standard InChI is InChI=1S/C29H39N3O4S/c1-8-18-32(27(34)24(17-19-37-7)31-28(35)36-29(4,5)6)25(22-15-13-20(2)14-16-22)26(33)30-23-12-10-9-11-21(23)3/h8-16,24-25H,1,17-19H2,2-7H3,(H,30,33)(H,31,35). The molecular weight excluding hydrogens is 486 g/mol. The van der Waals surface area contributed by atoms with E-state index in [1.807, 2.05) is 68.6 Å². The first kappa shape index (κ1) is 30.0. The second kappa shape index (κ2) is 13.9. The van der Waals surface area contributed by atoms with Crippen LogP contribution in [0.4, 0.5) is 10.5 Å². The maximum atomic E-state index is 14.0. The van der Waals surface area contributed by atoms with Crippen LogP contribution in [0.5, 0.6) is 0 Å². The van der Waals surface area contributed by atoms with Crippen LogP contribution >= 0.6 is 11.8 Å². The second-order valence-electron chi connectivity index (χ2n) is 9.88. The minimum absolute atomic E-state index is 0.115. The van der Waals surface area contributed by atoms with Crippen LogP contribution in [-0.4, -0.2) is 53.0 Å². The van der Waals surface area contributed by atoms with E-state index in [4.69, 9.17) is 4.74 Å². The van der Waals surface area contributed by atoms with Gasteiger partial charge in [0.2, 0.25) is 5.91 Å². The number of alkyl carbamates (subject to hydrolysis) is 1. The normalized spacial score (nSPS) is 12.7. The monoisotopic (exact) mass is 525 g/mol. The van der Waals surface area contributed by atoms with E-state index in [1.54, 1.807) is 38.6 Å². The highest BCUT2D eigenvalue weighted by Gasteiger charge is 2.35. The first-order valence-corrected chi connectivity index (χ1v) is 13.7. The molecule has 3 amide bonds. The van der Waals surface area contributed by atoms with Gasteiger partial charge in [-0.15, -0.1) is 6.58 Å². The number of benzene rings is 2. The van der Waals surface area contributed by atoms with Crippen LogP contribution in [0.25, 0.3) is 0 Å². The Morgan fingerprint density at radius 1 is 1.08 bits per heavy atom. The summed E-state index contributed by atoms with van der Waals surface area (Å²) in [5, 5.41) is 5.72. The van der Waals surface area contributed by atoms with Crippen molar-refractivity contribution in [2.75, 3.05) is 23.9 Å². The quantitative estimate of drug-likeness (QED) is 0.371. The molecule has 37 heavy (non-hydrogen) atoms. The van der Waals surface area contributed by atoms with Crippen LogP contribution in [-0.2, 0) is 14.3 Å². The van der Waals surface area contributed by atoms with Gasteiger partial charge in [0.05, 0.1) is 0 Å². The number of amides is 3. The summed E-state index contributed by atoms with van der Waals surface area (Å²) in [4.78, 5) is 41.8. The molecule has 2 N–H and O–H groups in total. The minimum atomic E-state index is -0.942. The fourth-order valence-corrected chi connectivity index (χ4v) is 4.21. The number of nitrogens with one attached hydrogen (secondary N) is 2. The summed E-state index contributed by atoms with van der Waals surface area (Å²) >= 11 is 1.57. The van der Waals surface area contributed by atoms with Crippen molar-refractivity contribution in [2.45, 2.75) is 58.7 Å². The Hall–Kier alpha value is -3.26. The van der Waals surface area contributed by atoms with Crippen molar-refractivity contribution in [1.82, 2.24) is 10.2 Å². The Bertz CT molecular complexity index is 1080. The van der Waals surface area contributed by atoms with Gasteiger partial charge in [0.15, 0.2) is 0 Å². The van der Waals surface area contributed by atoms with Crippen LogP contribution < -0.4 is 10.6 Å². The lowest BCUT2D eigenvalue weighted by Crippen LogP contribution is -2.52. The van der Waals surface area contributed by atoms with Gasteiger partial charge in [-0.05, 0) is 70.2 Å². The number of rotatable bonds is 11. The molecule has 7 nitrogen and oxygen atoms in total. The molecule has 0 aliphatic heterocycles. The minimum Gasteiger partial charge on any atom is -0.444 e. The van der Waals surface area contributed by atoms with Crippen molar-refractivity contribution in [3.05, 3.63) is 77.9 Å². The van der Waals surface area contributed by atoms with Crippen molar-refractivity contribution in [1.29, 1.82) is 0 Å². The molecule has 2 atom stereocenters.